The Kier molecular flexibility index (Phi) is 19.0. The summed E-state index contributed by atoms with van der Waals surface area (Å²) in [6.45, 7) is 0. The first-order valence-electron chi connectivity index (χ1n) is 10.7. The van der Waals surface area contributed by atoms with Gasteiger partial charge in [-0.3, -0.25) is 4.79 Å². The fourth-order valence-corrected chi connectivity index (χ4v) is 3.20. The molecule has 0 rings (SSSR count). The zero-order valence-corrected chi connectivity index (χ0v) is 16.6. The molecule has 0 aliphatic rings. The summed E-state index contributed by atoms with van der Waals surface area (Å²) < 4.78 is 0. The Morgan fingerprint density at radius 2 is 0.885 bits per heavy atom. The van der Waals surface area contributed by atoms with Crippen molar-refractivity contribution in [2.75, 3.05) is 0 Å². The number of unbranched alkanes of at least 4 members (excludes halogenated alkanes) is 16. The molecule has 0 spiro atoms. The number of rotatable bonds is 20. The molecule has 0 aromatic carbocycles. The van der Waals surface area contributed by atoms with Crippen LogP contribution >= 0.6 is 0 Å². The molecule has 0 radical (unpaired) electrons. The monoisotopic (exact) mass is 368 g/mol. The Morgan fingerprint density at radius 3 is 1.23 bits per heavy atom. The van der Waals surface area contributed by atoms with Crippen LogP contribution in [0.5, 0.6) is 0 Å². The highest BCUT2D eigenvalue weighted by atomic mass is 16.4. The highest BCUT2D eigenvalue weighted by Gasteiger charge is 1.97. The molecule has 0 amide bonds. The van der Waals surface area contributed by atoms with E-state index in [2.05, 4.69) is 0 Å². The lowest BCUT2D eigenvalue weighted by Crippen LogP contribution is -1.93. The molecule has 152 valence electrons. The summed E-state index contributed by atoms with van der Waals surface area (Å²) in [5.74, 6) is -1.52. The second-order valence-electron chi connectivity index (χ2n) is 7.33. The fraction of sp³-hybridized carbons (Fsp3) is 0.818. The van der Waals surface area contributed by atoms with E-state index in [1.54, 1.807) is 6.08 Å². The Balaban J connectivity index is 3.05. The summed E-state index contributed by atoms with van der Waals surface area (Å²) in [6, 6.07) is 0. The van der Waals surface area contributed by atoms with Crippen LogP contribution in [0, 0.1) is 0 Å². The Morgan fingerprint density at radius 1 is 0.538 bits per heavy atom. The van der Waals surface area contributed by atoms with Gasteiger partial charge in [0.1, 0.15) is 0 Å². The van der Waals surface area contributed by atoms with Crippen LogP contribution in [-0.2, 0) is 9.59 Å². The maximum absolute atomic E-state index is 10.4. The third-order valence-electron chi connectivity index (χ3n) is 4.77. The van der Waals surface area contributed by atoms with Crippen LogP contribution in [0.25, 0.3) is 0 Å². The predicted molar refractivity (Wildman–Crippen MR) is 108 cm³/mol. The molecule has 0 aromatic heterocycles. The number of aliphatic carboxylic acids is 2. The van der Waals surface area contributed by atoms with Gasteiger partial charge in [-0.05, 0) is 19.3 Å². The van der Waals surface area contributed by atoms with Gasteiger partial charge in [0.15, 0.2) is 0 Å². The number of carboxylic acids is 2. The smallest absolute Gasteiger partial charge is 0.327 e. The molecule has 0 heterocycles. The van der Waals surface area contributed by atoms with Crippen molar-refractivity contribution >= 4 is 11.9 Å². The molecule has 2 N–H and O–H groups in total. The van der Waals surface area contributed by atoms with E-state index in [0.29, 0.717) is 6.42 Å². The van der Waals surface area contributed by atoms with E-state index in [0.717, 1.165) is 25.7 Å². The first kappa shape index (κ1) is 24.7. The third kappa shape index (κ3) is 22.7. The van der Waals surface area contributed by atoms with Crippen LogP contribution in [0.2, 0.25) is 0 Å². The van der Waals surface area contributed by atoms with Gasteiger partial charge in [0, 0.05) is 12.5 Å². The molecule has 0 aromatic rings. The van der Waals surface area contributed by atoms with Crippen LogP contribution in [0.1, 0.15) is 116 Å². The van der Waals surface area contributed by atoms with Crippen molar-refractivity contribution in [1.82, 2.24) is 0 Å². The van der Waals surface area contributed by atoms with Crippen LogP contribution in [0.4, 0.5) is 0 Å². The van der Waals surface area contributed by atoms with Crippen LogP contribution in [-0.4, -0.2) is 22.2 Å². The SMILES string of the molecule is O=C(O)/C=C/CCCCCCCCCCCCCCCCCCC(=O)O. The molecule has 4 heteroatoms. The number of hydrogen-bond donors (Lipinski definition) is 2. The van der Waals surface area contributed by atoms with Gasteiger partial charge in [-0.2, -0.15) is 0 Å². The normalized spacial score (nSPS) is 11.2. The lowest BCUT2D eigenvalue weighted by molar-refractivity contribution is -0.137. The maximum Gasteiger partial charge on any atom is 0.327 e. The Bertz CT molecular complexity index is 363. The summed E-state index contributed by atoms with van der Waals surface area (Å²) in [7, 11) is 0. The average molecular weight is 369 g/mol. The molecule has 0 unspecified atom stereocenters. The van der Waals surface area contributed by atoms with E-state index >= 15 is 0 Å². The van der Waals surface area contributed by atoms with Crippen molar-refractivity contribution in [2.24, 2.45) is 0 Å². The van der Waals surface area contributed by atoms with E-state index < -0.39 is 11.9 Å². The van der Waals surface area contributed by atoms with Crippen LogP contribution in [0.15, 0.2) is 12.2 Å². The second-order valence-corrected chi connectivity index (χ2v) is 7.33. The summed E-state index contributed by atoms with van der Waals surface area (Å²) in [5.41, 5.74) is 0. The Labute approximate surface area is 160 Å². The van der Waals surface area contributed by atoms with Gasteiger partial charge in [0.25, 0.3) is 0 Å². The Hall–Kier alpha value is -1.32. The van der Waals surface area contributed by atoms with Crippen molar-refractivity contribution in [2.45, 2.75) is 116 Å². The molecule has 0 aliphatic heterocycles. The molecule has 0 saturated heterocycles. The minimum Gasteiger partial charge on any atom is -0.481 e. The highest BCUT2D eigenvalue weighted by Crippen LogP contribution is 2.14. The molecule has 26 heavy (non-hydrogen) atoms. The first-order chi connectivity index (χ1) is 12.6. The van der Waals surface area contributed by atoms with Gasteiger partial charge in [-0.15, -0.1) is 0 Å². The molecule has 0 fully saturated rings. The van der Waals surface area contributed by atoms with Crippen molar-refractivity contribution in [3.05, 3.63) is 12.2 Å². The standard InChI is InChI=1S/C22H40O4/c23-21(24)19-17-15-13-11-9-7-5-3-1-2-4-6-8-10-12-14-16-18-20-22(25)26/h17,19H,1-16,18,20H2,(H,23,24)(H,25,26)/b19-17+. The van der Waals surface area contributed by atoms with E-state index in [1.165, 1.54) is 89.5 Å². The number of hydrogen-bond acceptors (Lipinski definition) is 2. The average Bonchev–Trinajstić information content (AvgIpc) is 2.59. The van der Waals surface area contributed by atoms with Crippen LogP contribution < -0.4 is 0 Å². The summed E-state index contributed by atoms with van der Waals surface area (Å²) in [4.78, 5) is 20.7. The zero-order chi connectivity index (χ0) is 19.3. The lowest BCUT2D eigenvalue weighted by atomic mass is 10.0. The summed E-state index contributed by atoms with van der Waals surface area (Å²) >= 11 is 0. The van der Waals surface area contributed by atoms with E-state index in [9.17, 15) is 9.59 Å². The van der Waals surface area contributed by atoms with Crippen molar-refractivity contribution < 1.29 is 19.8 Å². The van der Waals surface area contributed by atoms with Gasteiger partial charge >= 0.3 is 11.9 Å². The lowest BCUT2D eigenvalue weighted by Gasteiger charge is -2.03. The predicted octanol–water partition coefficient (Wildman–Crippen LogP) is 6.73. The van der Waals surface area contributed by atoms with Crippen LogP contribution in [0.3, 0.4) is 0 Å². The van der Waals surface area contributed by atoms with Gasteiger partial charge in [-0.25, -0.2) is 4.79 Å². The van der Waals surface area contributed by atoms with Gasteiger partial charge in [0.2, 0.25) is 0 Å². The minimum absolute atomic E-state index is 0.324. The molecular weight excluding hydrogens is 328 g/mol. The van der Waals surface area contributed by atoms with Gasteiger partial charge < -0.3 is 10.2 Å². The van der Waals surface area contributed by atoms with Gasteiger partial charge in [0.05, 0.1) is 0 Å². The molecule has 0 atom stereocenters. The molecular formula is C22H40O4. The fourth-order valence-electron chi connectivity index (χ4n) is 3.20. The van der Waals surface area contributed by atoms with Gasteiger partial charge in [-0.1, -0.05) is 96.0 Å². The quantitative estimate of drug-likeness (QED) is 0.184. The molecule has 0 saturated carbocycles. The molecule has 0 aliphatic carbocycles. The van der Waals surface area contributed by atoms with Crippen molar-refractivity contribution in [1.29, 1.82) is 0 Å². The summed E-state index contributed by atoms with van der Waals surface area (Å²) in [5, 5.41) is 17.0. The number of allylic oxidation sites excluding steroid dienone is 1. The second kappa shape index (κ2) is 20.0. The van der Waals surface area contributed by atoms with E-state index in [4.69, 9.17) is 10.2 Å². The third-order valence-corrected chi connectivity index (χ3v) is 4.77. The molecule has 4 nitrogen and oxygen atoms in total. The molecule has 0 bridgehead atoms. The number of carbonyl (C=O) groups is 2. The van der Waals surface area contributed by atoms with E-state index in [-0.39, 0.29) is 0 Å². The number of carboxylic acid groups (broad SMARTS) is 2. The van der Waals surface area contributed by atoms with E-state index in [1.807, 2.05) is 0 Å². The highest BCUT2D eigenvalue weighted by molar-refractivity contribution is 5.79. The summed E-state index contributed by atoms with van der Waals surface area (Å²) in [6.07, 6.45) is 24.2. The maximum atomic E-state index is 10.4. The first-order valence-corrected chi connectivity index (χ1v) is 10.7. The van der Waals surface area contributed by atoms with Crippen molar-refractivity contribution in [3.63, 3.8) is 0 Å². The topological polar surface area (TPSA) is 74.6 Å². The minimum atomic E-state index is -0.849. The van der Waals surface area contributed by atoms with Crippen molar-refractivity contribution in [3.8, 4) is 0 Å². The largest absolute Gasteiger partial charge is 0.481 e. The zero-order valence-electron chi connectivity index (χ0n) is 16.6.